The number of aromatic nitrogens is 1. The molecule has 0 unspecified atom stereocenters. The molecule has 0 saturated heterocycles. The zero-order valence-electron chi connectivity index (χ0n) is 2.81. The van der Waals surface area contributed by atoms with E-state index < -0.39 is 0 Å². The number of halogens is 1. The third kappa shape index (κ3) is 0.542. The SMILES string of the molecule is Fc1[c]ncs1. The monoisotopic (exact) mass is 102 g/mol. The zero-order valence-corrected chi connectivity index (χ0v) is 3.63. The molecule has 1 aromatic rings. The minimum atomic E-state index is -0.352. The van der Waals surface area contributed by atoms with Crippen molar-refractivity contribution < 1.29 is 4.39 Å². The second kappa shape index (κ2) is 1.34. The van der Waals surface area contributed by atoms with E-state index in [4.69, 9.17) is 0 Å². The van der Waals surface area contributed by atoms with E-state index >= 15 is 0 Å². The lowest BCUT2D eigenvalue weighted by molar-refractivity contribution is 0.651. The minimum absolute atomic E-state index is 0.352. The van der Waals surface area contributed by atoms with Crippen LogP contribution in [0.5, 0.6) is 0 Å². The van der Waals surface area contributed by atoms with Crippen molar-refractivity contribution in [3.05, 3.63) is 16.8 Å². The van der Waals surface area contributed by atoms with Crippen molar-refractivity contribution in [3.63, 3.8) is 0 Å². The maximum atomic E-state index is 11.6. The van der Waals surface area contributed by atoms with Crippen LogP contribution in [0.4, 0.5) is 4.39 Å². The third-order valence-electron chi connectivity index (χ3n) is 0.361. The van der Waals surface area contributed by atoms with Crippen LogP contribution in [0, 0.1) is 11.3 Å². The molecular formula is C3HFNS. The molecule has 0 saturated carbocycles. The van der Waals surface area contributed by atoms with Gasteiger partial charge in [-0.2, -0.15) is 4.39 Å². The Morgan fingerprint density at radius 2 is 2.83 bits per heavy atom. The Balaban J connectivity index is 3.05. The molecule has 1 heterocycles. The lowest BCUT2D eigenvalue weighted by Gasteiger charge is -1.56. The average molecular weight is 102 g/mol. The molecule has 1 nitrogen and oxygen atoms in total. The molecule has 31 valence electrons. The van der Waals surface area contributed by atoms with Gasteiger partial charge >= 0.3 is 0 Å². The van der Waals surface area contributed by atoms with Gasteiger partial charge in [0.2, 0.25) is 5.13 Å². The van der Waals surface area contributed by atoms with Gasteiger partial charge in [-0.1, -0.05) is 11.3 Å². The Kier molecular flexibility index (Phi) is 0.837. The highest BCUT2D eigenvalue weighted by atomic mass is 32.1. The average Bonchev–Trinajstić information content (AvgIpc) is 1.86. The second-order valence-electron chi connectivity index (χ2n) is 0.738. The van der Waals surface area contributed by atoms with E-state index in [0.717, 1.165) is 11.3 Å². The lowest BCUT2D eigenvalue weighted by atomic mass is 11.0. The first-order chi connectivity index (χ1) is 2.89. The Labute approximate surface area is 38.5 Å². The van der Waals surface area contributed by atoms with E-state index in [2.05, 4.69) is 11.2 Å². The summed E-state index contributed by atoms with van der Waals surface area (Å²) >= 11 is 0.944. The van der Waals surface area contributed by atoms with Crippen LogP contribution in [0.3, 0.4) is 0 Å². The molecule has 0 aliphatic rings. The summed E-state index contributed by atoms with van der Waals surface area (Å²) in [5.41, 5.74) is 1.40. The maximum absolute atomic E-state index is 11.6. The smallest absolute Gasteiger partial charge is 0.205 e. The molecule has 0 amide bonds. The standard InChI is InChI=1S/C3HFNS/c4-3-1-5-2-6-3/h2H. The van der Waals surface area contributed by atoms with Crippen molar-refractivity contribution in [2.45, 2.75) is 0 Å². The van der Waals surface area contributed by atoms with Crippen LogP contribution in [-0.2, 0) is 0 Å². The van der Waals surface area contributed by atoms with Gasteiger partial charge < -0.3 is 0 Å². The summed E-state index contributed by atoms with van der Waals surface area (Å²) in [5.74, 6) is 0. The largest absolute Gasteiger partial charge is 0.240 e. The first-order valence-corrected chi connectivity index (χ1v) is 2.24. The maximum Gasteiger partial charge on any atom is 0.205 e. The Hall–Kier alpha value is -0.440. The first-order valence-electron chi connectivity index (χ1n) is 1.36. The van der Waals surface area contributed by atoms with Gasteiger partial charge in [-0.05, 0) is 0 Å². The quantitative estimate of drug-likeness (QED) is 0.477. The zero-order chi connectivity index (χ0) is 4.41. The third-order valence-corrected chi connectivity index (χ3v) is 0.870. The molecule has 6 heavy (non-hydrogen) atoms. The number of hydrogen-bond acceptors (Lipinski definition) is 2. The molecule has 0 bridgehead atoms. The molecule has 0 spiro atoms. The van der Waals surface area contributed by atoms with Gasteiger partial charge in [0.05, 0.1) is 5.51 Å². The molecule has 0 fully saturated rings. The lowest BCUT2D eigenvalue weighted by Crippen LogP contribution is -1.51. The molecule has 0 aliphatic heterocycles. The van der Waals surface area contributed by atoms with Crippen molar-refractivity contribution in [2.75, 3.05) is 0 Å². The van der Waals surface area contributed by atoms with Gasteiger partial charge in [0, 0.05) is 0 Å². The van der Waals surface area contributed by atoms with Crippen LogP contribution >= 0.6 is 11.3 Å². The minimum Gasteiger partial charge on any atom is -0.240 e. The molecule has 0 aromatic carbocycles. The highest BCUT2D eigenvalue weighted by molar-refractivity contribution is 7.07. The Morgan fingerprint density at radius 3 is 3.00 bits per heavy atom. The molecule has 1 radical (unpaired) electrons. The van der Waals surface area contributed by atoms with E-state index in [1.165, 1.54) is 5.51 Å². The van der Waals surface area contributed by atoms with Crippen LogP contribution in [0.15, 0.2) is 5.51 Å². The fraction of sp³-hybridized carbons (Fsp3) is 0. The van der Waals surface area contributed by atoms with Crippen molar-refractivity contribution in [1.82, 2.24) is 4.98 Å². The number of nitrogens with zero attached hydrogens (tertiary/aromatic N) is 1. The van der Waals surface area contributed by atoms with Gasteiger partial charge in [0.25, 0.3) is 0 Å². The van der Waals surface area contributed by atoms with Gasteiger partial charge in [0.15, 0.2) is 0 Å². The summed E-state index contributed by atoms with van der Waals surface area (Å²) < 4.78 is 11.6. The van der Waals surface area contributed by atoms with Gasteiger partial charge in [-0.25, -0.2) is 4.98 Å². The van der Waals surface area contributed by atoms with Gasteiger partial charge in [-0.15, -0.1) is 0 Å². The first kappa shape index (κ1) is 3.74. The van der Waals surface area contributed by atoms with E-state index in [1.54, 1.807) is 0 Å². The van der Waals surface area contributed by atoms with Crippen molar-refractivity contribution >= 4 is 11.3 Å². The Bertz CT molecular complexity index is 114. The van der Waals surface area contributed by atoms with E-state index in [1.807, 2.05) is 0 Å². The van der Waals surface area contributed by atoms with Crippen LogP contribution in [0.2, 0.25) is 0 Å². The van der Waals surface area contributed by atoms with Gasteiger partial charge in [0.1, 0.15) is 6.20 Å². The molecule has 3 heteroatoms. The second-order valence-corrected chi connectivity index (χ2v) is 1.54. The molecule has 1 aromatic heterocycles. The predicted molar refractivity (Wildman–Crippen MR) is 20.9 cm³/mol. The van der Waals surface area contributed by atoms with E-state index in [9.17, 15) is 4.39 Å². The van der Waals surface area contributed by atoms with Crippen LogP contribution in [0.1, 0.15) is 0 Å². The number of rotatable bonds is 0. The Morgan fingerprint density at radius 1 is 2.00 bits per heavy atom. The van der Waals surface area contributed by atoms with Crippen LogP contribution in [-0.4, -0.2) is 4.98 Å². The number of hydrogen-bond donors (Lipinski definition) is 0. The van der Waals surface area contributed by atoms with Crippen molar-refractivity contribution in [3.8, 4) is 0 Å². The van der Waals surface area contributed by atoms with Crippen LogP contribution in [0.25, 0.3) is 0 Å². The predicted octanol–water partition coefficient (Wildman–Crippen LogP) is 1.08. The molecule has 0 aliphatic carbocycles. The summed E-state index contributed by atoms with van der Waals surface area (Å²) in [5, 5.41) is -0.352. The number of thiazole rings is 1. The summed E-state index contributed by atoms with van der Waals surface area (Å²) in [6, 6.07) is 0. The fourth-order valence-corrected chi connectivity index (χ4v) is 0.479. The molecule has 0 N–H and O–H groups in total. The summed E-state index contributed by atoms with van der Waals surface area (Å²) in [4.78, 5) is 3.34. The molecule has 0 atom stereocenters. The topological polar surface area (TPSA) is 12.9 Å². The molecular weight excluding hydrogens is 101 g/mol. The van der Waals surface area contributed by atoms with Crippen molar-refractivity contribution in [1.29, 1.82) is 0 Å². The van der Waals surface area contributed by atoms with Crippen molar-refractivity contribution in [2.24, 2.45) is 0 Å². The summed E-state index contributed by atoms with van der Waals surface area (Å²) in [7, 11) is 0. The van der Waals surface area contributed by atoms with E-state index in [0.29, 0.717) is 0 Å². The van der Waals surface area contributed by atoms with E-state index in [-0.39, 0.29) is 5.13 Å². The normalized spacial score (nSPS) is 8.83. The highest BCUT2D eigenvalue weighted by Gasteiger charge is 1.83. The molecule has 1 rings (SSSR count). The summed E-state index contributed by atoms with van der Waals surface area (Å²) in [6.45, 7) is 0. The highest BCUT2D eigenvalue weighted by Crippen LogP contribution is 1.98. The van der Waals surface area contributed by atoms with Crippen LogP contribution < -0.4 is 0 Å². The summed E-state index contributed by atoms with van der Waals surface area (Å²) in [6.07, 6.45) is 2.10. The van der Waals surface area contributed by atoms with Gasteiger partial charge in [-0.3, -0.25) is 0 Å². The fourth-order valence-electron chi connectivity index (χ4n) is 0.176.